The lowest BCUT2D eigenvalue weighted by Crippen LogP contribution is -2.36. The van der Waals surface area contributed by atoms with E-state index in [0.29, 0.717) is 6.54 Å². The van der Waals surface area contributed by atoms with Crippen molar-refractivity contribution in [3.05, 3.63) is 23.8 Å². The molecule has 6 nitrogen and oxygen atoms in total. The first-order valence-electron chi connectivity index (χ1n) is 6.69. The van der Waals surface area contributed by atoms with Crippen LogP contribution in [0, 0.1) is 0 Å². The van der Waals surface area contributed by atoms with Crippen molar-refractivity contribution in [3.8, 4) is 5.75 Å². The molecule has 2 rings (SSSR count). The van der Waals surface area contributed by atoms with Crippen molar-refractivity contribution in [3.63, 3.8) is 0 Å². The molecular formula is C14H21N3O3. The average molecular weight is 279 g/mol. The topological polar surface area (TPSA) is 87.8 Å². The zero-order valence-electron chi connectivity index (χ0n) is 11.8. The summed E-state index contributed by atoms with van der Waals surface area (Å²) < 4.78 is 4.59. The van der Waals surface area contributed by atoms with Gasteiger partial charge in [0.15, 0.2) is 0 Å². The van der Waals surface area contributed by atoms with Gasteiger partial charge in [-0.2, -0.15) is 0 Å². The molecular weight excluding hydrogens is 258 g/mol. The first-order chi connectivity index (χ1) is 9.51. The van der Waals surface area contributed by atoms with E-state index in [1.54, 1.807) is 6.07 Å². The van der Waals surface area contributed by atoms with Crippen LogP contribution < -0.4 is 16.0 Å². The van der Waals surface area contributed by atoms with Crippen LogP contribution in [0.2, 0.25) is 0 Å². The van der Waals surface area contributed by atoms with Crippen molar-refractivity contribution >= 4 is 11.8 Å². The average Bonchev–Trinajstić information content (AvgIpc) is 2.86. The smallest absolute Gasteiger partial charge is 0.407 e. The summed E-state index contributed by atoms with van der Waals surface area (Å²) in [7, 11) is 1.35. The Morgan fingerprint density at radius 2 is 2.35 bits per heavy atom. The Hall–Kier alpha value is -1.95. The number of carbonyl (C=O) groups excluding carboxylic acids is 1. The predicted molar refractivity (Wildman–Crippen MR) is 76.9 cm³/mol. The number of hydrogen-bond acceptors (Lipinski definition) is 5. The number of anilines is 1. The van der Waals surface area contributed by atoms with Crippen molar-refractivity contribution in [2.24, 2.45) is 5.73 Å². The van der Waals surface area contributed by atoms with Crippen LogP contribution in [0.3, 0.4) is 0 Å². The van der Waals surface area contributed by atoms with Crippen LogP contribution in [-0.2, 0) is 4.74 Å². The van der Waals surface area contributed by atoms with E-state index in [0.717, 1.165) is 24.2 Å². The number of phenolic OH excluding ortho intramolecular Hbond substituents is 1. The van der Waals surface area contributed by atoms with Gasteiger partial charge in [0.25, 0.3) is 0 Å². The number of rotatable bonds is 3. The largest absolute Gasteiger partial charge is 0.508 e. The van der Waals surface area contributed by atoms with E-state index in [-0.39, 0.29) is 17.8 Å². The molecule has 1 fully saturated rings. The van der Waals surface area contributed by atoms with Crippen LogP contribution >= 0.6 is 0 Å². The third-order valence-corrected chi connectivity index (χ3v) is 3.57. The van der Waals surface area contributed by atoms with E-state index in [2.05, 4.69) is 15.0 Å². The quantitative estimate of drug-likeness (QED) is 0.777. The number of methoxy groups -OCH3 is 1. The van der Waals surface area contributed by atoms with Gasteiger partial charge in [0.2, 0.25) is 0 Å². The Morgan fingerprint density at radius 3 is 2.95 bits per heavy atom. The van der Waals surface area contributed by atoms with Gasteiger partial charge in [-0.1, -0.05) is 6.07 Å². The zero-order valence-corrected chi connectivity index (χ0v) is 11.8. The van der Waals surface area contributed by atoms with Gasteiger partial charge in [-0.25, -0.2) is 4.79 Å². The zero-order chi connectivity index (χ0) is 14.7. The van der Waals surface area contributed by atoms with E-state index in [1.807, 2.05) is 19.1 Å². The highest BCUT2D eigenvalue weighted by Gasteiger charge is 2.24. The minimum Gasteiger partial charge on any atom is -0.508 e. The molecule has 1 amide bonds. The molecule has 2 unspecified atom stereocenters. The molecule has 0 bridgehead atoms. The number of nitrogens with zero attached hydrogens (tertiary/aromatic N) is 1. The highest BCUT2D eigenvalue weighted by molar-refractivity contribution is 5.67. The minimum absolute atomic E-state index is 0.0673. The number of benzene rings is 1. The Kier molecular flexibility index (Phi) is 4.34. The first-order valence-corrected chi connectivity index (χ1v) is 6.69. The second-order valence-electron chi connectivity index (χ2n) is 5.10. The number of phenols is 1. The van der Waals surface area contributed by atoms with Gasteiger partial charge in [-0.3, -0.25) is 0 Å². The summed E-state index contributed by atoms with van der Waals surface area (Å²) in [4.78, 5) is 13.3. The van der Waals surface area contributed by atoms with Gasteiger partial charge in [-0.15, -0.1) is 0 Å². The molecule has 0 aliphatic carbocycles. The van der Waals surface area contributed by atoms with E-state index >= 15 is 0 Å². The Bertz CT molecular complexity index is 491. The fourth-order valence-electron chi connectivity index (χ4n) is 2.45. The number of alkyl carbamates (subject to hydrolysis) is 1. The molecule has 4 N–H and O–H groups in total. The normalized spacial score (nSPS) is 19.8. The minimum atomic E-state index is -0.410. The standard InChI is InChI=1S/C14H21N3O3/c1-9(15)12-4-3-11(7-13(12)18)17-6-5-10(8-17)16-14(19)20-2/h3-4,7,9-10,18H,5-6,8,15H2,1-2H3,(H,16,19). The van der Waals surface area contributed by atoms with Crippen LogP contribution in [0.4, 0.5) is 10.5 Å². The summed E-state index contributed by atoms with van der Waals surface area (Å²) >= 11 is 0. The number of nitrogens with one attached hydrogen (secondary N) is 1. The van der Waals surface area contributed by atoms with E-state index in [9.17, 15) is 9.90 Å². The van der Waals surface area contributed by atoms with Crippen LogP contribution in [0.1, 0.15) is 24.9 Å². The SMILES string of the molecule is COC(=O)NC1CCN(c2ccc(C(C)N)c(O)c2)C1. The molecule has 0 saturated carbocycles. The van der Waals surface area contributed by atoms with Crippen molar-refractivity contribution in [2.45, 2.75) is 25.4 Å². The number of nitrogens with two attached hydrogens (primary N) is 1. The van der Waals surface area contributed by atoms with Crippen molar-refractivity contribution in [2.75, 3.05) is 25.1 Å². The molecule has 1 saturated heterocycles. The lowest BCUT2D eigenvalue weighted by Gasteiger charge is -2.20. The van der Waals surface area contributed by atoms with E-state index in [4.69, 9.17) is 5.73 Å². The fraction of sp³-hybridized carbons (Fsp3) is 0.500. The third kappa shape index (κ3) is 3.14. The predicted octanol–water partition coefficient (Wildman–Crippen LogP) is 1.35. The summed E-state index contributed by atoms with van der Waals surface area (Å²) in [5.41, 5.74) is 7.44. The van der Waals surface area contributed by atoms with Gasteiger partial charge in [0.1, 0.15) is 5.75 Å². The van der Waals surface area contributed by atoms with Crippen molar-refractivity contribution in [1.82, 2.24) is 5.32 Å². The lowest BCUT2D eigenvalue weighted by molar-refractivity contribution is 0.167. The van der Waals surface area contributed by atoms with Crippen molar-refractivity contribution < 1.29 is 14.6 Å². The Labute approximate surface area is 118 Å². The van der Waals surface area contributed by atoms with Gasteiger partial charge >= 0.3 is 6.09 Å². The number of amides is 1. The lowest BCUT2D eigenvalue weighted by atomic mass is 10.1. The van der Waals surface area contributed by atoms with Crippen molar-refractivity contribution in [1.29, 1.82) is 0 Å². The highest BCUT2D eigenvalue weighted by atomic mass is 16.5. The van der Waals surface area contributed by atoms with E-state index < -0.39 is 6.09 Å². The Balaban J connectivity index is 2.03. The highest BCUT2D eigenvalue weighted by Crippen LogP contribution is 2.29. The van der Waals surface area contributed by atoms with Gasteiger partial charge in [-0.05, 0) is 19.4 Å². The summed E-state index contributed by atoms with van der Waals surface area (Å²) in [5.74, 6) is 0.210. The number of carbonyl (C=O) groups is 1. The maximum Gasteiger partial charge on any atom is 0.407 e. The molecule has 20 heavy (non-hydrogen) atoms. The maximum atomic E-state index is 11.2. The number of hydrogen-bond donors (Lipinski definition) is 3. The maximum absolute atomic E-state index is 11.2. The summed E-state index contributed by atoms with van der Waals surface area (Å²) in [5, 5.41) is 12.8. The monoisotopic (exact) mass is 279 g/mol. The second kappa shape index (κ2) is 6.00. The molecule has 0 spiro atoms. The Morgan fingerprint density at radius 1 is 1.60 bits per heavy atom. The summed E-state index contributed by atoms with van der Waals surface area (Å²) in [6.07, 6.45) is 0.442. The molecule has 6 heteroatoms. The molecule has 1 aliphatic rings. The van der Waals surface area contributed by atoms with Crippen LogP contribution in [-0.4, -0.2) is 37.4 Å². The first kappa shape index (κ1) is 14.5. The molecule has 0 aromatic heterocycles. The summed E-state index contributed by atoms with van der Waals surface area (Å²) in [6.45, 7) is 3.36. The molecule has 1 heterocycles. The molecule has 2 atom stereocenters. The van der Waals surface area contributed by atoms with Gasteiger partial charge in [0, 0.05) is 36.4 Å². The van der Waals surface area contributed by atoms with Crippen LogP contribution in [0.5, 0.6) is 5.75 Å². The molecule has 0 radical (unpaired) electrons. The summed E-state index contributed by atoms with van der Waals surface area (Å²) in [6, 6.07) is 5.38. The third-order valence-electron chi connectivity index (χ3n) is 3.57. The van der Waals surface area contributed by atoms with Gasteiger partial charge in [0.05, 0.1) is 13.2 Å². The fourth-order valence-corrected chi connectivity index (χ4v) is 2.45. The van der Waals surface area contributed by atoms with E-state index in [1.165, 1.54) is 7.11 Å². The molecule has 1 aliphatic heterocycles. The molecule has 110 valence electrons. The van der Waals surface area contributed by atoms with Crippen LogP contribution in [0.15, 0.2) is 18.2 Å². The number of aromatic hydroxyl groups is 1. The molecule has 1 aromatic rings. The molecule has 1 aromatic carbocycles. The van der Waals surface area contributed by atoms with Gasteiger partial charge < -0.3 is 25.8 Å². The second-order valence-corrected chi connectivity index (χ2v) is 5.10. The number of ether oxygens (including phenoxy) is 1. The van der Waals surface area contributed by atoms with Crippen LogP contribution in [0.25, 0.3) is 0 Å².